The van der Waals surface area contributed by atoms with Crippen molar-refractivity contribution < 1.29 is 9.18 Å². The molecule has 8 heteroatoms. The third-order valence-electron chi connectivity index (χ3n) is 4.30. The molecule has 0 aliphatic rings. The summed E-state index contributed by atoms with van der Waals surface area (Å²) in [5.74, 6) is -0.439. The van der Waals surface area contributed by atoms with Gasteiger partial charge in [-0.2, -0.15) is 0 Å². The van der Waals surface area contributed by atoms with Crippen molar-refractivity contribution >= 4 is 34.2 Å². The molecule has 0 saturated heterocycles. The highest BCUT2D eigenvalue weighted by Crippen LogP contribution is 2.22. The third-order valence-corrected chi connectivity index (χ3v) is 5.23. The number of nitrogens with zero attached hydrogens (tertiary/aromatic N) is 4. The van der Waals surface area contributed by atoms with E-state index >= 15 is 0 Å². The number of aryl methyl sites for hydroxylation is 1. The first-order valence-corrected chi connectivity index (χ1v) is 9.37. The largest absolute Gasteiger partial charge is 0.293 e. The number of benzene rings is 2. The van der Waals surface area contributed by atoms with Crippen molar-refractivity contribution in [2.75, 3.05) is 5.75 Å². The normalized spacial score (nSPS) is 11.3. The molecule has 0 aliphatic carbocycles. The zero-order valence-electron chi connectivity index (χ0n) is 14.4. The maximum Gasteiger partial charge on any atom is 0.262 e. The molecule has 0 atom stereocenters. The van der Waals surface area contributed by atoms with Crippen LogP contribution < -0.4 is 5.56 Å². The molecule has 0 N–H and O–H groups in total. The summed E-state index contributed by atoms with van der Waals surface area (Å²) in [6.07, 6.45) is 0. The van der Waals surface area contributed by atoms with Crippen molar-refractivity contribution in [1.29, 1.82) is 0 Å². The van der Waals surface area contributed by atoms with Crippen LogP contribution in [0, 0.1) is 5.82 Å². The van der Waals surface area contributed by atoms with Crippen molar-refractivity contribution in [2.24, 2.45) is 0 Å². The van der Waals surface area contributed by atoms with Gasteiger partial charge in [-0.25, -0.2) is 4.39 Å². The first-order chi connectivity index (χ1) is 13.1. The summed E-state index contributed by atoms with van der Waals surface area (Å²) in [4.78, 5) is 25.0. The van der Waals surface area contributed by atoms with Crippen LogP contribution in [0.15, 0.2) is 58.5 Å². The molecule has 0 spiro atoms. The van der Waals surface area contributed by atoms with Gasteiger partial charge in [0.15, 0.2) is 10.9 Å². The molecule has 4 aromatic rings. The number of carbonyl (C=O) groups is 1. The Morgan fingerprint density at radius 3 is 2.63 bits per heavy atom. The average molecular weight is 382 g/mol. The van der Waals surface area contributed by atoms with E-state index in [2.05, 4.69) is 10.2 Å². The Morgan fingerprint density at radius 1 is 1.11 bits per heavy atom. The summed E-state index contributed by atoms with van der Waals surface area (Å²) in [6, 6.07) is 13.1. The first-order valence-electron chi connectivity index (χ1n) is 8.39. The van der Waals surface area contributed by atoms with Crippen LogP contribution in [0.1, 0.15) is 17.3 Å². The first kappa shape index (κ1) is 17.4. The van der Waals surface area contributed by atoms with Crippen LogP contribution in [0.3, 0.4) is 0 Å². The molecule has 0 fully saturated rings. The van der Waals surface area contributed by atoms with Crippen LogP contribution in [-0.4, -0.2) is 30.7 Å². The van der Waals surface area contributed by atoms with Crippen LogP contribution in [0.2, 0.25) is 0 Å². The van der Waals surface area contributed by atoms with E-state index in [-0.39, 0.29) is 22.7 Å². The number of aromatic nitrogens is 4. The van der Waals surface area contributed by atoms with Gasteiger partial charge in [0.1, 0.15) is 5.82 Å². The lowest BCUT2D eigenvalue weighted by atomic mass is 10.1. The molecule has 6 nitrogen and oxygen atoms in total. The summed E-state index contributed by atoms with van der Waals surface area (Å²) < 4.78 is 17.1. The van der Waals surface area contributed by atoms with Crippen molar-refractivity contribution in [3.8, 4) is 0 Å². The Hall–Kier alpha value is -3.00. The molecule has 0 radical (unpaired) electrons. The highest BCUT2D eigenvalue weighted by atomic mass is 32.2. The molecule has 2 heterocycles. The predicted molar refractivity (Wildman–Crippen MR) is 102 cm³/mol. The number of hydrogen-bond donors (Lipinski definition) is 0. The molecule has 0 unspecified atom stereocenters. The van der Waals surface area contributed by atoms with E-state index in [1.807, 2.05) is 19.1 Å². The van der Waals surface area contributed by atoms with E-state index in [0.29, 0.717) is 28.4 Å². The number of carbonyl (C=O) groups excluding carboxylic acids is 1. The second-order valence-electron chi connectivity index (χ2n) is 5.88. The minimum absolute atomic E-state index is 0.0152. The van der Waals surface area contributed by atoms with Gasteiger partial charge < -0.3 is 0 Å². The Morgan fingerprint density at radius 2 is 1.85 bits per heavy atom. The number of para-hydroxylation sites is 1. The van der Waals surface area contributed by atoms with Crippen LogP contribution in [0.5, 0.6) is 0 Å². The van der Waals surface area contributed by atoms with E-state index in [9.17, 15) is 14.0 Å². The van der Waals surface area contributed by atoms with Gasteiger partial charge in [0.05, 0.1) is 22.2 Å². The van der Waals surface area contributed by atoms with Crippen LogP contribution in [-0.2, 0) is 6.54 Å². The SMILES string of the molecule is CCn1c(=O)c2ccccc2n2c(SCC(=O)c3ccccc3F)nnc12. The van der Waals surface area contributed by atoms with Gasteiger partial charge in [0.25, 0.3) is 5.56 Å². The van der Waals surface area contributed by atoms with Gasteiger partial charge in [-0.05, 0) is 31.2 Å². The summed E-state index contributed by atoms with van der Waals surface area (Å²) in [6.45, 7) is 2.31. The standard InChI is InChI=1S/C19H15FN4O2S/c1-2-23-17(26)13-8-4-6-10-15(13)24-18(23)21-22-19(24)27-11-16(25)12-7-3-5-9-14(12)20/h3-10H,2,11H2,1H3. The minimum Gasteiger partial charge on any atom is -0.293 e. The lowest BCUT2D eigenvalue weighted by Crippen LogP contribution is -2.22. The fourth-order valence-electron chi connectivity index (χ4n) is 3.01. The molecular weight excluding hydrogens is 367 g/mol. The van der Waals surface area contributed by atoms with Gasteiger partial charge in [0, 0.05) is 6.54 Å². The van der Waals surface area contributed by atoms with E-state index in [4.69, 9.17) is 0 Å². The quantitative estimate of drug-likeness (QED) is 0.392. The number of thioether (sulfide) groups is 1. The van der Waals surface area contributed by atoms with Gasteiger partial charge in [-0.15, -0.1) is 10.2 Å². The monoisotopic (exact) mass is 382 g/mol. The minimum atomic E-state index is -0.542. The van der Waals surface area contributed by atoms with Crippen LogP contribution in [0.25, 0.3) is 16.7 Å². The lowest BCUT2D eigenvalue weighted by Gasteiger charge is -2.09. The van der Waals surface area contributed by atoms with E-state index in [1.165, 1.54) is 28.5 Å². The molecule has 27 heavy (non-hydrogen) atoms. The second-order valence-corrected chi connectivity index (χ2v) is 6.82. The maximum atomic E-state index is 13.8. The molecule has 136 valence electrons. The van der Waals surface area contributed by atoms with Gasteiger partial charge in [0.2, 0.25) is 5.78 Å². The lowest BCUT2D eigenvalue weighted by molar-refractivity contribution is 0.101. The van der Waals surface area contributed by atoms with Crippen molar-refractivity contribution in [2.45, 2.75) is 18.6 Å². The third kappa shape index (κ3) is 2.91. The second kappa shape index (κ2) is 6.96. The molecule has 2 aromatic carbocycles. The number of fused-ring (bicyclic) bond motifs is 3. The maximum absolute atomic E-state index is 13.8. The topological polar surface area (TPSA) is 69.3 Å². The Bertz CT molecular complexity index is 1230. The van der Waals surface area contributed by atoms with Gasteiger partial charge >= 0.3 is 0 Å². The highest BCUT2D eigenvalue weighted by molar-refractivity contribution is 7.99. The summed E-state index contributed by atoms with van der Waals surface area (Å²) in [5.41, 5.74) is 0.592. The Balaban J connectivity index is 1.77. The smallest absolute Gasteiger partial charge is 0.262 e. The van der Waals surface area contributed by atoms with Crippen molar-refractivity contribution in [1.82, 2.24) is 19.2 Å². The number of rotatable bonds is 5. The van der Waals surface area contributed by atoms with Crippen LogP contribution in [0.4, 0.5) is 4.39 Å². The molecule has 0 amide bonds. The molecular formula is C19H15FN4O2S. The van der Waals surface area contributed by atoms with Crippen molar-refractivity contribution in [3.05, 3.63) is 70.3 Å². The molecule has 0 bridgehead atoms. The van der Waals surface area contributed by atoms with E-state index in [0.717, 1.165) is 0 Å². The Kier molecular flexibility index (Phi) is 4.49. The highest BCUT2D eigenvalue weighted by Gasteiger charge is 2.18. The molecule has 0 aliphatic heterocycles. The fourth-order valence-corrected chi connectivity index (χ4v) is 3.83. The number of hydrogen-bond acceptors (Lipinski definition) is 5. The molecule has 2 aromatic heterocycles. The predicted octanol–water partition coefficient (Wildman–Crippen LogP) is 3.18. The Labute approximate surface area is 157 Å². The summed E-state index contributed by atoms with van der Waals surface area (Å²) in [5, 5.41) is 9.32. The van der Waals surface area contributed by atoms with E-state index < -0.39 is 5.82 Å². The van der Waals surface area contributed by atoms with E-state index in [1.54, 1.807) is 28.7 Å². The number of halogens is 1. The summed E-state index contributed by atoms with van der Waals surface area (Å²) in [7, 11) is 0. The van der Waals surface area contributed by atoms with Gasteiger partial charge in [-0.3, -0.25) is 18.6 Å². The zero-order chi connectivity index (χ0) is 19.0. The summed E-state index contributed by atoms with van der Waals surface area (Å²) >= 11 is 1.17. The average Bonchev–Trinajstić information content (AvgIpc) is 3.11. The van der Waals surface area contributed by atoms with Crippen LogP contribution >= 0.6 is 11.8 Å². The molecule has 4 rings (SSSR count). The van der Waals surface area contributed by atoms with Gasteiger partial charge in [-0.1, -0.05) is 36.0 Å². The zero-order valence-corrected chi connectivity index (χ0v) is 15.2. The number of ketones is 1. The molecule has 0 saturated carbocycles. The fraction of sp³-hybridized carbons (Fsp3) is 0.158. The van der Waals surface area contributed by atoms with Crippen molar-refractivity contribution in [3.63, 3.8) is 0 Å². The number of Topliss-reactive ketones (excluding diaryl/α,β-unsaturated/α-hetero) is 1.